The molecule has 0 saturated carbocycles. The lowest BCUT2D eigenvalue weighted by Gasteiger charge is -2.40. The smallest absolute Gasteiger partial charge is 0.255 e. The Kier molecular flexibility index (Phi) is 4.45. The number of piperazine rings is 1. The van der Waals surface area contributed by atoms with Gasteiger partial charge in [-0.25, -0.2) is 4.98 Å². The highest BCUT2D eigenvalue weighted by Crippen LogP contribution is 2.25. The largest absolute Gasteiger partial charge is 0.347 e. The van der Waals surface area contributed by atoms with Crippen molar-refractivity contribution in [3.63, 3.8) is 0 Å². The van der Waals surface area contributed by atoms with Gasteiger partial charge < -0.3 is 9.88 Å². The molecule has 5 nitrogen and oxygen atoms in total. The number of carbonyl (C=O) groups excluding carboxylic acids is 1. The van der Waals surface area contributed by atoms with Gasteiger partial charge in [0.1, 0.15) is 5.82 Å². The van der Waals surface area contributed by atoms with Crippen LogP contribution in [0, 0.1) is 0 Å². The first-order chi connectivity index (χ1) is 10.7. The van der Waals surface area contributed by atoms with Crippen LogP contribution in [0.2, 0.25) is 5.02 Å². The number of aromatic nitrogens is 2. The maximum absolute atomic E-state index is 12.7. The van der Waals surface area contributed by atoms with Crippen molar-refractivity contribution in [2.75, 3.05) is 26.2 Å². The highest BCUT2D eigenvalue weighted by Gasteiger charge is 2.32. The van der Waals surface area contributed by atoms with Crippen LogP contribution in [0.5, 0.6) is 0 Å². The first kappa shape index (κ1) is 15.1. The van der Waals surface area contributed by atoms with Crippen molar-refractivity contribution in [3.05, 3.63) is 53.1 Å². The van der Waals surface area contributed by atoms with E-state index in [1.54, 1.807) is 18.3 Å². The van der Waals surface area contributed by atoms with Crippen molar-refractivity contribution in [3.8, 4) is 0 Å². The molecule has 1 aliphatic rings. The Morgan fingerprint density at radius 2 is 2.23 bits per heavy atom. The lowest BCUT2D eigenvalue weighted by atomic mass is 10.1. The van der Waals surface area contributed by atoms with Gasteiger partial charge in [-0.3, -0.25) is 9.69 Å². The minimum Gasteiger partial charge on any atom is -0.347 e. The number of hydrogen-bond donors (Lipinski definition) is 1. The molecule has 1 fully saturated rings. The molecule has 1 saturated heterocycles. The van der Waals surface area contributed by atoms with Crippen LogP contribution in [0.15, 0.2) is 36.7 Å². The molecule has 3 rings (SSSR count). The number of imidazole rings is 1. The molecule has 0 radical (unpaired) electrons. The summed E-state index contributed by atoms with van der Waals surface area (Å²) in [6.45, 7) is 5.21. The summed E-state index contributed by atoms with van der Waals surface area (Å²) in [6, 6.07) is 7.30. The predicted octanol–water partition coefficient (Wildman–Crippen LogP) is 2.58. The van der Waals surface area contributed by atoms with E-state index in [4.69, 9.17) is 11.6 Å². The Hall–Kier alpha value is -1.85. The summed E-state index contributed by atoms with van der Waals surface area (Å²) in [5.74, 6) is 0.886. The van der Waals surface area contributed by atoms with Crippen molar-refractivity contribution >= 4 is 17.5 Å². The number of hydrogen-bond acceptors (Lipinski definition) is 3. The molecule has 1 aromatic carbocycles. The van der Waals surface area contributed by atoms with E-state index in [9.17, 15) is 4.79 Å². The Morgan fingerprint density at radius 1 is 1.41 bits per heavy atom. The van der Waals surface area contributed by atoms with Crippen LogP contribution in [0.25, 0.3) is 0 Å². The number of nitrogens with one attached hydrogen (secondary N) is 1. The molecule has 0 spiro atoms. The van der Waals surface area contributed by atoms with Crippen LogP contribution in [0.4, 0.5) is 0 Å². The number of amides is 1. The Labute approximate surface area is 134 Å². The molecule has 0 aliphatic carbocycles. The number of likely N-dealkylation sites (N-methyl/N-ethyl adjacent to an activating group) is 1. The predicted molar refractivity (Wildman–Crippen MR) is 85.9 cm³/mol. The number of halogens is 1. The first-order valence-electron chi connectivity index (χ1n) is 7.48. The van der Waals surface area contributed by atoms with E-state index in [2.05, 4.69) is 21.8 Å². The summed E-state index contributed by atoms with van der Waals surface area (Å²) < 4.78 is 0. The van der Waals surface area contributed by atoms with E-state index < -0.39 is 0 Å². The molecule has 2 heterocycles. The van der Waals surface area contributed by atoms with E-state index in [1.165, 1.54) is 0 Å². The minimum atomic E-state index is -0.0158. The molecule has 116 valence electrons. The topological polar surface area (TPSA) is 52.2 Å². The lowest BCUT2D eigenvalue weighted by molar-refractivity contribution is 0.0480. The summed E-state index contributed by atoms with van der Waals surface area (Å²) in [4.78, 5) is 24.4. The molecule has 22 heavy (non-hydrogen) atoms. The first-order valence-corrected chi connectivity index (χ1v) is 7.85. The third kappa shape index (κ3) is 2.87. The average molecular weight is 319 g/mol. The van der Waals surface area contributed by atoms with E-state index in [0.29, 0.717) is 23.7 Å². The normalized spacial score (nSPS) is 19.4. The Morgan fingerprint density at radius 3 is 2.91 bits per heavy atom. The molecule has 1 aliphatic heterocycles. The number of rotatable bonds is 3. The Balaban J connectivity index is 1.81. The fraction of sp³-hybridized carbons (Fsp3) is 0.375. The second-order valence-corrected chi connectivity index (χ2v) is 5.76. The zero-order valence-electron chi connectivity index (χ0n) is 12.5. The maximum Gasteiger partial charge on any atom is 0.255 e. The SMILES string of the molecule is CCN1CCN(C(=O)c2ccccc2Cl)CC1c1ncc[nH]1. The zero-order valence-corrected chi connectivity index (χ0v) is 13.3. The number of benzene rings is 1. The molecule has 2 aromatic rings. The zero-order chi connectivity index (χ0) is 15.5. The van der Waals surface area contributed by atoms with Gasteiger partial charge >= 0.3 is 0 Å². The van der Waals surface area contributed by atoms with Gasteiger partial charge in [0.2, 0.25) is 0 Å². The molecular formula is C16H19ClN4O. The fourth-order valence-corrected chi connectivity index (χ4v) is 3.12. The van der Waals surface area contributed by atoms with Crippen molar-refractivity contribution < 1.29 is 4.79 Å². The van der Waals surface area contributed by atoms with E-state index >= 15 is 0 Å². The van der Waals surface area contributed by atoms with E-state index in [0.717, 1.165) is 18.9 Å². The van der Waals surface area contributed by atoms with Gasteiger partial charge in [0.25, 0.3) is 5.91 Å². The van der Waals surface area contributed by atoms with Crippen molar-refractivity contribution in [1.82, 2.24) is 19.8 Å². The molecular weight excluding hydrogens is 300 g/mol. The molecule has 1 amide bonds. The highest BCUT2D eigenvalue weighted by atomic mass is 35.5. The monoisotopic (exact) mass is 318 g/mol. The average Bonchev–Trinajstić information content (AvgIpc) is 3.08. The molecule has 1 aromatic heterocycles. The van der Waals surface area contributed by atoms with Crippen molar-refractivity contribution in [2.24, 2.45) is 0 Å². The van der Waals surface area contributed by atoms with E-state index in [-0.39, 0.29) is 11.9 Å². The third-order valence-corrected chi connectivity index (χ3v) is 4.45. The fourth-order valence-electron chi connectivity index (χ4n) is 2.91. The van der Waals surface area contributed by atoms with Gasteiger partial charge in [-0.05, 0) is 18.7 Å². The molecule has 0 bridgehead atoms. The molecule has 1 unspecified atom stereocenters. The maximum atomic E-state index is 12.7. The van der Waals surface area contributed by atoms with Gasteiger partial charge in [-0.15, -0.1) is 0 Å². The molecule has 1 N–H and O–H groups in total. The van der Waals surface area contributed by atoms with Crippen molar-refractivity contribution in [1.29, 1.82) is 0 Å². The Bertz CT molecular complexity index is 643. The minimum absolute atomic E-state index is 0.0158. The number of nitrogens with zero attached hydrogens (tertiary/aromatic N) is 3. The van der Waals surface area contributed by atoms with Gasteiger partial charge in [-0.1, -0.05) is 30.7 Å². The second-order valence-electron chi connectivity index (χ2n) is 5.35. The van der Waals surface area contributed by atoms with Gasteiger partial charge in [0.05, 0.1) is 16.6 Å². The van der Waals surface area contributed by atoms with Crippen LogP contribution in [0.3, 0.4) is 0 Å². The van der Waals surface area contributed by atoms with Gasteiger partial charge in [0, 0.05) is 32.0 Å². The van der Waals surface area contributed by atoms with Gasteiger partial charge in [-0.2, -0.15) is 0 Å². The highest BCUT2D eigenvalue weighted by molar-refractivity contribution is 6.33. The van der Waals surface area contributed by atoms with Crippen molar-refractivity contribution in [2.45, 2.75) is 13.0 Å². The standard InChI is InChI=1S/C16H19ClN4O/c1-2-20-9-10-21(11-14(20)15-18-7-8-19-15)16(22)12-5-3-4-6-13(12)17/h3-8,14H,2,9-11H2,1H3,(H,18,19). The van der Waals surface area contributed by atoms with Crippen LogP contribution in [-0.4, -0.2) is 51.9 Å². The summed E-state index contributed by atoms with van der Waals surface area (Å²) in [6.07, 6.45) is 3.57. The second kappa shape index (κ2) is 6.50. The number of aromatic amines is 1. The third-order valence-electron chi connectivity index (χ3n) is 4.12. The van der Waals surface area contributed by atoms with Gasteiger partial charge in [0.15, 0.2) is 0 Å². The van der Waals surface area contributed by atoms with Crippen LogP contribution < -0.4 is 0 Å². The lowest BCUT2D eigenvalue weighted by Crippen LogP contribution is -2.50. The molecule has 6 heteroatoms. The summed E-state index contributed by atoms with van der Waals surface area (Å²) in [5, 5.41) is 0.500. The van der Waals surface area contributed by atoms with Crippen LogP contribution >= 0.6 is 11.6 Å². The number of carbonyl (C=O) groups is 1. The van der Waals surface area contributed by atoms with Crippen LogP contribution in [-0.2, 0) is 0 Å². The van der Waals surface area contributed by atoms with Crippen LogP contribution in [0.1, 0.15) is 29.1 Å². The quantitative estimate of drug-likeness (QED) is 0.946. The summed E-state index contributed by atoms with van der Waals surface area (Å²) >= 11 is 6.15. The van der Waals surface area contributed by atoms with E-state index in [1.807, 2.05) is 23.2 Å². The summed E-state index contributed by atoms with van der Waals surface area (Å²) in [7, 11) is 0. The summed E-state index contributed by atoms with van der Waals surface area (Å²) in [5.41, 5.74) is 0.562. The number of H-pyrrole nitrogens is 1. The molecule has 1 atom stereocenters.